The average Bonchev–Trinajstić information content (AvgIpc) is 2.77. The minimum absolute atomic E-state index is 0.170. The second kappa shape index (κ2) is 5.66. The predicted molar refractivity (Wildman–Crippen MR) is 64.7 cm³/mol. The van der Waals surface area contributed by atoms with Crippen molar-refractivity contribution in [1.29, 1.82) is 0 Å². The second-order valence-corrected chi connectivity index (χ2v) is 4.45. The van der Waals surface area contributed by atoms with E-state index in [0.717, 1.165) is 12.0 Å². The number of rotatable bonds is 4. The van der Waals surface area contributed by atoms with Crippen LogP contribution in [0.25, 0.3) is 0 Å². The maximum Gasteiger partial charge on any atom is 0.290 e. The number of aromatic nitrogens is 1. The van der Waals surface area contributed by atoms with Gasteiger partial charge in [0.1, 0.15) is 0 Å². The lowest BCUT2D eigenvalue weighted by molar-refractivity contribution is 0.0916. The van der Waals surface area contributed by atoms with Crippen LogP contribution in [0.1, 0.15) is 48.2 Å². The van der Waals surface area contributed by atoms with Gasteiger partial charge in [-0.1, -0.05) is 16.8 Å². The van der Waals surface area contributed by atoms with Crippen molar-refractivity contribution >= 4 is 5.91 Å². The standard InChI is InChI=1S/C13H18N2O2/c1-10-9-15-17-12(10)13(16)14-8-7-11-5-3-2-4-6-11/h5,9H,2-4,6-8H2,1H3,(H,14,16). The van der Waals surface area contributed by atoms with Gasteiger partial charge in [-0.25, -0.2) is 0 Å². The summed E-state index contributed by atoms with van der Waals surface area (Å²) in [5.41, 5.74) is 2.24. The Morgan fingerprint density at radius 2 is 2.41 bits per heavy atom. The summed E-state index contributed by atoms with van der Waals surface area (Å²) in [7, 11) is 0. The van der Waals surface area contributed by atoms with Crippen LogP contribution >= 0.6 is 0 Å². The summed E-state index contributed by atoms with van der Waals surface area (Å²) in [6.07, 6.45) is 9.74. The molecular weight excluding hydrogens is 216 g/mol. The largest absolute Gasteiger partial charge is 0.351 e. The molecule has 1 aliphatic carbocycles. The van der Waals surface area contributed by atoms with Gasteiger partial charge in [-0.05, 0) is 39.0 Å². The van der Waals surface area contributed by atoms with Crippen molar-refractivity contribution in [1.82, 2.24) is 10.5 Å². The first-order valence-electron chi connectivity index (χ1n) is 6.15. The third kappa shape index (κ3) is 3.19. The van der Waals surface area contributed by atoms with Gasteiger partial charge >= 0.3 is 0 Å². The Balaban J connectivity index is 1.77. The Labute approximate surface area is 101 Å². The van der Waals surface area contributed by atoms with Crippen LogP contribution in [-0.2, 0) is 0 Å². The molecule has 0 fully saturated rings. The molecule has 2 rings (SSSR count). The molecule has 1 N–H and O–H groups in total. The topological polar surface area (TPSA) is 55.1 Å². The summed E-state index contributed by atoms with van der Waals surface area (Å²) in [6.45, 7) is 2.49. The van der Waals surface area contributed by atoms with E-state index in [1.807, 2.05) is 6.92 Å². The van der Waals surface area contributed by atoms with Gasteiger partial charge in [0.15, 0.2) is 0 Å². The Morgan fingerprint density at radius 1 is 1.53 bits per heavy atom. The number of carbonyl (C=O) groups is 1. The zero-order chi connectivity index (χ0) is 12.1. The van der Waals surface area contributed by atoms with Crippen molar-refractivity contribution in [3.63, 3.8) is 0 Å². The number of hydrogen-bond acceptors (Lipinski definition) is 3. The molecule has 4 heteroatoms. The number of aryl methyl sites for hydroxylation is 1. The quantitative estimate of drug-likeness (QED) is 0.815. The van der Waals surface area contributed by atoms with Crippen molar-refractivity contribution < 1.29 is 9.32 Å². The fourth-order valence-electron chi connectivity index (χ4n) is 2.06. The van der Waals surface area contributed by atoms with E-state index in [-0.39, 0.29) is 5.91 Å². The molecular formula is C13H18N2O2. The van der Waals surface area contributed by atoms with Crippen LogP contribution in [-0.4, -0.2) is 17.6 Å². The lowest BCUT2D eigenvalue weighted by atomic mass is 9.97. The van der Waals surface area contributed by atoms with E-state index in [9.17, 15) is 4.79 Å². The fraction of sp³-hybridized carbons (Fsp3) is 0.538. The third-order valence-electron chi connectivity index (χ3n) is 3.07. The van der Waals surface area contributed by atoms with Gasteiger partial charge in [0.25, 0.3) is 5.91 Å². The van der Waals surface area contributed by atoms with E-state index in [1.54, 1.807) is 6.20 Å². The van der Waals surface area contributed by atoms with Crippen LogP contribution in [0.4, 0.5) is 0 Å². The predicted octanol–water partition coefficient (Wildman–Crippen LogP) is 2.60. The molecule has 1 amide bonds. The van der Waals surface area contributed by atoms with Crippen molar-refractivity contribution in [3.8, 4) is 0 Å². The monoisotopic (exact) mass is 234 g/mol. The first-order chi connectivity index (χ1) is 8.27. The molecule has 4 nitrogen and oxygen atoms in total. The molecule has 0 saturated heterocycles. The Bertz CT molecular complexity index is 421. The van der Waals surface area contributed by atoms with Gasteiger partial charge in [0.2, 0.25) is 5.76 Å². The molecule has 0 aromatic carbocycles. The van der Waals surface area contributed by atoms with Gasteiger partial charge in [-0.2, -0.15) is 0 Å². The summed E-state index contributed by atoms with van der Waals surface area (Å²) in [5.74, 6) is 0.152. The highest BCUT2D eigenvalue weighted by molar-refractivity contribution is 5.92. The SMILES string of the molecule is Cc1cnoc1C(=O)NCCC1=CCCCC1. The number of carbonyl (C=O) groups excluding carboxylic acids is 1. The number of nitrogens with zero attached hydrogens (tertiary/aromatic N) is 1. The van der Waals surface area contributed by atoms with E-state index in [0.29, 0.717) is 12.3 Å². The molecule has 92 valence electrons. The molecule has 0 radical (unpaired) electrons. The summed E-state index contributed by atoms with van der Waals surface area (Å²) in [4.78, 5) is 11.7. The number of nitrogens with one attached hydrogen (secondary N) is 1. The first kappa shape index (κ1) is 11.9. The van der Waals surface area contributed by atoms with Gasteiger partial charge in [0.05, 0.1) is 6.20 Å². The maximum atomic E-state index is 11.7. The summed E-state index contributed by atoms with van der Waals surface area (Å²) in [6, 6.07) is 0. The van der Waals surface area contributed by atoms with Gasteiger partial charge in [0, 0.05) is 12.1 Å². The second-order valence-electron chi connectivity index (χ2n) is 4.45. The van der Waals surface area contributed by atoms with Gasteiger partial charge in [-0.3, -0.25) is 4.79 Å². The normalized spacial score (nSPS) is 15.5. The van der Waals surface area contributed by atoms with Gasteiger partial charge < -0.3 is 9.84 Å². The van der Waals surface area contributed by atoms with E-state index >= 15 is 0 Å². The average molecular weight is 234 g/mol. The van der Waals surface area contributed by atoms with Crippen LogP contribution in [0, 0.1) is 6.92 Å². The highest BCUT2D eigenvalue weighted by Gasteiger charge is 2.13. The van der Waals surface area contributed by atoms with Crippen LogP contribution < -0.4 is 5.32 Å². The zero-order valence-electron chi connectivity index (χ0n) is 10.2. The number of hydrogen-bond donors (Lipinski definition) is 1. The zero-order valence-corrected chi connectivity index (χ0v) is 10.2. The van der Waals surface area contributed by atoms with E-state index in [4.69, 9.17) is 4.52 Å². The lowest BCUT2D eigenvalue weighted by Gasteiger charge is -2.12. The molecule has 0 spiro atoms. The molecule has 0 saturated carbocycles. The minimum atomic E-state index is -0.170. The Morgan fingerprint density at radius 3 is 3.06 bits per heavy atom. The Kier molecular flexibility index (Phi) is 3.96. The molecule has 0 unspecified atom stereocenters. The third-order valence-corrected chi connectivity index (χ3v) is 3.07. The van der Waals surface area contributed by atoms with Crippen molar-refractivity contribution in [3.05, 3.63) is 29.2 Å². The molecule has 1 aliphatic rings. The van der Waals surface area contributed by atoms with Crippen LogP contribution in [0.2, 0.25) is 0 Å². The highest BCUT2D eigenvalue weighted by Crippen LogP contribution is 2.19. The van der Waals surface area contributed by atoms with Crippen LogP contribution in [0.5, 0.6) is 0 Å². The van der Waals surface area contributed by atoms with Crippen LogP contribution in [0.15, 0.2) is 22.4 Å². The summed E-state index contributed by atoms with van der Waals surface area (Å²) < 4.78 is 4.89. The smallest absolute Gasteiger partial charge is 0.290 e. The summed E-state index contributed by atoms with van der Waals surface area (Å²) >= 11 is 0. The molecule has 1 aromatic heterocycles. The van der Waals surface area contributed by atoms with E-state index < -0.39 is 0 Å². The summed E-state index contributed by atoms with van der Waals surface area (Å²) in [5, 5.41) is 6.45. The van der Waals surface area contributed by atoms with E-state index in [2.05, 4.69) is 16.5 Å². The fourth-order valence-corrected chi connectivity index (χ4v) is 2.06. The van der Waals surface area contributed by atoms with Crippen molar-refractivity contribution in [2.75, 3.05) is 6.54 Å². The minimum Gasteiger partial charge on any atom is -0.351 e. The molecule has 0 aliphatic heterocycles. The van der Waals surface area contributed by atoms with Gasteiger partial charge in [-0.15, -0.1) is 0 Å². The highest BCUT2D eigenvalue weighted by atomic mass is 16.5. The lowest BCUT2D eigenvalue weighted by Crippen LogP contribution is -2.25. The van der Waals surface area contributed by atoms with Crippen LogP contribution in [0.3, 0.4) is 0 Å². The molecule has 1 heterocycles. The van der Waals surface area contributed by atoms with Crippen molar-refractivity contribution in [2.24, 2.45) is 0 Å². The molecule has 1 aromatic rings. The number of amides is 1. The number of allylic oxidation sites excluding steroid dienone is 1. The maximum absolute atomic E-state index is 11.7. The Hall–Kier alpha value is -1.58. The molecule has 0 bridgehead atoms. The molecule has 0 atom stereocenters. The first-order valence-corrected chi connectivity index (χ1v) is 6.15. The van der Waals surface area contributed by atoms with Crippen molar-refractivity contribution in [2.45, 2.75) is 39.0 Å². The van der Waals surface area contributed by atoms with E-state index in [1.165, 1.54) is 31.3 Å². The molecule has 17 heavy (non-hydrogen) atoms.